The minimum absolute atomic E-state index is 0.127. The van der Waals surface area contributed by atoms with Crippen LogP contribution in [0.25, 0.3) is 0 Å². The van der Waals surface area contributed by atoms with Crippen molar-refractivity contribution in [3.8, 4) is 5.75 Å². The summed E-state index contributed by atoms with van der Waals surface area (Å²) in [5, 5.41) is 3.04. The highest BCUT2D eigenvalue weighted by Crippen LogP contribution is 2.25. The number of carbonyl (C=O) groups excluding carboxylic acids is 1. The first-order chi connectivity index (χ1) is 12.5. The van der Waals surface area contributed by atoms with Crippen LogP contribution in [-0.2, 0) is 11.3 Å². The Balaban J connectivity index is 2.18. The first-order valence-electron chi connectivity index (χ1n) is 9.10. The van der Waals surface area contributed by atoms with Gasteiger partial charge in [-0.25, -0.2) is 0 Å². The Morgan fingerprint density at radius 3 is 2.38 bits per heavy atom. The van der Waals surface area contributed by atoms with Gasteiger partial charge >= 0.3 is 0 Å². The summed E-state index contributed by atoms with van der Waals surface area (Å²) in [5.74, 6) is 0.609. The minimum atomic E-state index is -0.127. The molecule has 0 saturated heterocycles. The molecular weight excluding hydrogens is 326 g/mol. The van der Waals surface area contributed by atoms with Gasteiger partial charge in [0, 0.05) is 23.4 Å². The van der Waals surface area contributed by atoms with Crippen LogP contribution in [0.15, 0.2) is 30.3 Å². The van der Waals surface area contributed by atoms with E-state index in [1.54, 1.807) is 13.2 Å². The maximum Gasteiger partial charge on any atom is 0.255 e. The molecule has 4 nitrogen and oxygen atoms in total. The van der Waals surface area contributed by atoms with Gasteiger partial charge in [-0.2, -0.15) is 0 Å². The lowest BCUT2D eigenvalue weighted by atomic mass is 10.0. The Labute approximate surface area is 156 Å². The van der Waals surface area contributed by atoms with E-state index in [-0.39, 0.29) is 5.91 Å². The van der Waals surface area contributed by atoms with Crippen molar-refractivity contribution in [2.75, 3.05) is 19.0 Å². The lowest BCUT2D eigenvalue weighted by Crippen LogP contribution is -2.14. The van der Waals surface area contributed by atoms with Gasteiger partial charge < -0.3 is 14.8 Å². The van der Waals surface area contributed by atoms with Crippen molar-refractivity contribution < 1.29 is 14.3 Å². The summed E-state index contributed by atoms with van der Waals surface area (Å²) in [7, 11) is 1.63. The lowest BCUT2D eigenvalue weighted by Gasteiger charge is -2.14. The quantitative estimate of drug-likeness (QED) is 0.663. The molecule has 0 aliphatic heterocycles. The van der Waals surface area contributed by atoms with Crippen molar-refractivity contribution in [1.29, 1.82) is 0 Å². The first kappa shape index (κ1) is 20.0. The number of methoxy groups -OCH3 is 1. The van der Waals surface area contributed by atoms with Gasteiger partial charge in [0.25, 0.3) is 5.91 Å². The van der Waals surface area contributed by atoms with Crippen molar-refractivity contribution in [1.82, 2.24) is 0 Å². The predicted octanol–water partition coefficient (Wildman–Crippen LogP) is 5.19. The highest BCUT2D eigenvalue weighted by Gasteiger charge is 2.13. The second-order valence-corrected chi connectivity index (χ2v) is 6.66. The molecule has 0 fully saturated rings. The molecule has 2 aromatic rings. The molecule has 0 saturated carbocycles. The van der Waals surface area contributed by atoms with E-state index >= 15 is 0 Å². The van der Waals surface area contributed by atoms with Crippen LogP contribution in [0.2, 0.25) is 0 Å². The maximum atomic E-state index is 12.7. The fraction of sp³-hybridized carbons (Fsp3) is 0.409. The Bertz CT molecular complexity index is 745. The lowest BCUT2D eigenvalue weighted by molar-refractivity contribution is 0.102. The third kappa shape index (κ3) is 5.09. The molecule has 140 valence electrons. The largest absolute Gasteiger partial charge is 0.496 e. The number of rotatable bonds is 8. The molecule has 0 bridgehead atoms. The summed E-state index contributed by atoms with van der Waals surface area (Å²) in [5.41, 5.74) is 5.67. The van der Waals surface area contributed by atoms with E-state index in [1.807, 2.05) is 26.0 Å². The SMILES string of the molecule is CCCCOCc1cc(C(=O)Nc2c(C)cc(C)cc2C)ccc1OC. The monoisotopic (exact) mass is 355 g/mol. The third-order valence-corrected chi connectivity index (χ3v) is 4.36. The molecule has 0 aliphatic rings. The topological polar surface area (TPSA) is 47.6 Å². The van der Waals surface area contributed by atoms with Gasteiger partial charge in [0.15, 0.2) is 0 Å². The molecule has 4 heteroatoms. The molecule has 0 unspecified atom stereocenters. The van der Waals surface area contributed by atoms with E-state index in [0.29, 0.717) is 18.8 Å². The number of amides is 1. The summed E-state index contributed by atoms with van der Waals surface area (Å²) >= 11 is 0. The van der Waals surface area contributed by atoms with Crippen LogP contribution >= 0.6 is 0 Å². The van der Waals surface area contributed by atoms with Crippen LogP contribution in [0.1, 0.15) is 52.4 Å². The Morgan fingerprint density at radius 1 is 1.08 bits per heavy atom. The molecule has 1 N–H and O–H groups in total. The number of unbranched alkanes of at least 4 members (excludes halogenated alkanes) is 1. The van der Waals surface area contributed by atoms with Gasteiger partial charge in [-0.3, -0.25) is 4.79 Å². The molecule has 0 atom stereocenters. The smallest absolute Gasteiger partial charge is 0.255 e. The van der Waals surface area contributed by atoms with Gasteiger partial charge in [-0.15, -0.1) is 0 Å². The average Bonchev–Trinajstić information content (AvgIpc) is 2.61. The number of benzene rings is 2. The molecule has 2 rings (SSSR count). The number of anilines is 1. The zero-order valence-electron chi connectivity index (χ0n) is 16.4. The van der Waals surface area contributed by atoms with Crippen LogP contribution in [0, 0.1) is 20.8 Å². The zero-order valence-corrected chi connectivity index (χ0v) is 16.4. The van der Waals surface area contributed by atoms with Gasteiger partial charge in [-0.05, 0) is 56.5 Å². The van der Waals surface area contributed by atoms with Crippen LogP contribution < -0.4 is 10.1 Å². The number of carbonyl (C=O) groups is 1. The van der Waals surface area contributed by atoms with E-state index in [2.05, 4.69) is 31.3 Å². The highest BCUT2D eigenvalue weighted by atomic mass is 16.5. The molecule has 26 heavy (non-hydrogen) atoms. The Morgan fingerprint density at radius 2 is 1.77 bits per heavy atom. The van der Waals surface area contributed by atoms with Gasteiger partial charge in [-0.1, -0.05) is 31.0 Å². The predicted molar refractivity (Wildman–Crippen MR) is 106 cm³/mol. The van der Waals surface area contributed by atoms with Crippen molar-refractivity contribution in [3.63, 3.8) is 0 Å². The summed E-state index contributed by atoms with van der Waals surface area (Å²) in [4.78, 5) is 12.7. The standard InChI is InChI=1S/C22H29NO3/c1-6-7-10-26-14-19-13-18(8-9-20(19)25-5)22(24)23-21-16(3)11-15(2)12-17(21)4/h8-9,11-13H,6-7,10,14H2,1-5H3,(H,23,24). The van der Waals surface area contributed by atoms with Crippen LogP contribution in [0.3, 0.4) is 0 Å². The Hall–Kier alpha value is -2.33. The second kappa shape index (κ2) is 9.39. The van der Waals surface area contributed by atoms with Crippen LogP contribution in [0.5, 0.6) is 5.75 Å². The number of hydrogen-bond acceptors (Lipinski definition) is 3. The van der Waals surface area contributed by atoms with E-state index < -0.39 is 0 Å². The molecule has 0 radical (unpaired) electrons. The van der Waals surface area contributed by atoms with Gasteiger partial charge in [0.05, 0.1) is 13.7 Å². The van der Waals surface area contributed by atoms with Crippen molar-refractivity contribution in [2.24, 2.45) is 0 Å². The minimum Gasteiger partial charge on any atom is -0.496 e. The number of ether oxygens (including phenoxy) is 2. The summed E-state index contributed by atoms with van der Waals surface area (Å²) in [6.07, 6.45) is 2.11. The molecule has 0 heterocycles. The van der Waals surface area contributed by atoms with Crippen molar-refractivity contribution in [3.05, 3.63) is 58.1 Å². The van der Waals surface area contributed by atoms with E-state index in [1.165, 1.54) is 5.56 Å². The van der Waals surface area contributed by atoms with Crippen molar-refractivity contribution >= 4 is 11.6 Å². The van der Waals surface area contributed by atoms with Crippen molar-refractivity contribution in [2.45, 2.75) is 47.1 Å². The Kier molecular flexibility index (Phi) is 7.22. The van der Waals surface area contributed by atoms with Crippen LogP contribution in [0.4, 0.5) is 5.69 Å². The number of hydrogen-bond donors (Lipinski definition) is 1. The molecular formula is C22H29NO3. The average molecular weight is 355 g/mol. The van der Waals surface area contributed by atoms with Crippen LogP contribution in [-0.4, -0.2) is 19.6 Å². The molecule has 1 amide bonds. The summed E-state index contributed by atoms with van der Waals surface area (Å²) in [6.45, 7) is 9.35. The molecule has 0 spiro atoms. The number of aryl methyl sites for hydroxylation is 3. The normalized spacial score (nSPS) is 10.7. The zero-order chi connectivity index (χ0) is 19.1. The van der Waals surface area contributed by atoms with E-state index in [0.717, 1.165) is 41.0 Å². The van der Waals surface area contributed by atoms with E-state index in [4.69, 9.17) is 9.47 Å². The highest BCUT2D eigenvalue weighted by molar-refractivity contribution is 6.05. The fourth-order valence-electron chi connectivity index (χ4n) is 3.02. The molecule has 2 aromatic carbocycles. The fourth-order valence-corrected chi connectivity index (χ4v) is 3.02. The maximum absolute atomic E-state index is 12.7. The summed E-state index contributed by atoms with van der Waals surface area (Å²) in [6, 6.07) is 9.59. The van der Waals surface area contributed by atoms with Gasteiger partial charge in [0.2, 0.25) is 0 Å². The number of nitrogens with one attached hydrogen (secondary N) is 1. The third-order valence-electron chi connectivity index (χ3n) is 4.36. The second-order valence-electron chi connectivity index (χ2n) is 6.66. The molecule has 0 aliphatic carbocycles. The summed E-state index contributed by atoms with van der Waals surface area (Å²) < 4.78 is 11.1. The van der Waals surface area contributed by atoms with Gasteiger partial charge in [0.1, 0.15) is 5.75 Å². The molecule has 0 aromatic heterocycles. The first-order valence-corrected chi connectivity index (χ1v) is 9.10. The van der Waals surface area contributed by atoms with E-state index in [9.17, 15) is 4.79 Å².